The van der Waals surface area contributed by atoms with Crippen molar-refractivity contribution in [3.8, 4) is 11.3 Å². The molecule has 0 aliphatic carbocycles. The third kappa shape index (κ3) is 2.64. The van der Waals surface area contributed by atoms with Gasteiger partial charge in [-0.2, -0.15) is 13.2 Å². The summed E-state index contributed by atoms with van der Waals surface area (Å²) in [5, 5.41) is 0.453. The van der Waals surface area contributed by atoms with Crippen LogP contribution in [-0.4, -0.2) is 20.4 Å². The van der Waals surface area contributed by atoms with Crippen molar-refractivity contribution < 1.29 is 17.4 Å². The van der Waals surface area contributed by atoms with E-state index >= 15 is 0 Å². The molecule has 0 saturated carbocycles. The summed E-state index contributed by atoms with van der Waals surface area (Å²) in [6, 6.07) is 6.83. The Morgan fingerprint density at radius 2 is 1.95 bits per heavy atom. The smallest absolute Gasteiger partial charge is 0.354 e. The van der Waals surface area contributed by atoms with Crippen LogP contribution in [0.15, 0.2) is 47.6 Å². The molecule has 1 unspecified atom stereocenters. The van der Waals surface area contributed by atoms with E-state index in [1.807, 2.05) is 0 Å². The number of H-pyrrole nitrogens is 1. The molecule has 7 heteroatoms. The number of benzene rings is 1. The molecule has 2 aromatic heterocycles. The Kier molecular flexibility index (Phi) is 3.52. The number of nitrogens with zero attached hydrogens (tertiary/aromatic N) is 1. The molecule has 0 bridgehead atoms. The van der Waals surface area contributed by atoms with E-state index in [2.05, 4.69) is 9.97 Å². The number of fused-ring (bicyclic) bond motifs is 1. The minimum atomic E-state index is -4.38. The molecule has 1 aromatic carbocycles. The zero-order valence-electron chi connectivity index (χ0n) is 11.4. The van der Waals surface area contributed by atoms with Gasteiger partial charge in [0.15, 0.2) is 0 Å². The Balaban J connectivity index is 2.16. The number of aromatic amines is 1. The molecule has 3 rings (SSSR count). The number of nitrogens with one attached hydrogen (secondary N) is 1. The van der Waals surface area contributed by atoms with Crippen LogP contribution in [0.4, 0.5) is 13.2 Å². The monoisotopic (exact) mass is 324 g/mol. The van der Waals surface area contributed by atoms with E-state index < -0.39 is 22.5 Å². The maximum atomic E-state index is 12.8. The lowest BCUT2D eigenvalue weighted by Crippen LogP contribution is -2.03. The van der Waals surface area contributed by atoms with Crippen LogP contribution < -0.4 is 0 Å². The fraction of sp³-hybridized carbons (Fsp3) is 0.133. The molecule has 22 heavy (non-hydrogen) atoms. The van der Waals surface area contributed by atoms with Crippen LogP contribution in [0.2, 0.25) is 0 Å². The van der Waals surface area contributed by atoms with E-state index in [0.717, 1.165) is 12.1 Å². The molecule has 2 heterocycles. The van der Waals surface area contributed by atoms with E-state index in [9.17, 15) is 17.4 Å². The molecule has 0 fully saturated rings. The maximum Gasteiger partial charge on any atom is 0.416 e. The molecule has 0 aliphatic rings. The van der Waals surface area contributed by atoms with Gasteiger partial charge in [0.1, 0.15) is 0 Å². The van der Waals surface area contributed by atoms with Crippen LogP contribution in [0.3, 0.4) is 0 Å². The van der Waals surface area contributed by atoms with E-state index in [4.69, 9.17) is 0 Å². The Hall–Kier alpha value is -2.15. The van der Waals surface area contributed by atoms with Crippen molar-refractivity contribution in [2.45, 2.75) is 11.1 Å². The first-order valence-electron chi connectivity index (χ1n) is 6.34. The van der Waals surface area contributed by atoms with Gasteiger partial charge in [0.05, 0.1) is 21.3 Å². The van der Waals surface area contributed by atoms with Gasteiger partial charge in [-0.25, -0.2) is 0 Å². The second-order valence-electron chi connectivity index (χ2n) is 4.81. The first-order chi connectivity index (χ1) is 10.4. The second-order valence-corrected chi connectivity index (χ2v) is 6.16. The highest BCUT2D eigenvalue weighted by Crippen LogP contribution is 2.33. The van der Waals surface area contributed by atoms with Crippen LogP contribution in [0.25, 0.3) is 22.2 Å². The van der Waals surface area contributed by atoms with Gasteiger partial charge in [-0.1, -0.05) is 0 Å². The summed E-state index contributed by atoms with van der Waals surface area (Å²) < 4.78 is 50.0. The summed E-state index contributed by atoms with van der Waals surface area (Å²) in [5.74, 6) is 0. The number of pyridine rings is 1. The van der Waals surface area contributed by atoms with Crippen molar-refractivity contribution in [1.82, 2.24) is 9.97 Å². The quantitative estimate of drug-likeness (QED) is 0.775. The predicted octanol–water partition coefficient (Wildman–Crippen LogP) is 3.99. The molecule has 3 aromatic rings. The van der Waals surface area contributed by atoms with E-state index in [0.29, 0.717) is 27.1 Å². The molecule has 0 radical (unpaired) electrons. The highest BCUT2D eigenvalue weighted by atomic mass is 32.2. The maximum absolute atomic E-state index is 12.8. The average Bonchev–Trinajstić information content (AvgIpc) is 2.89. The van der Waals surface area contributed by atoms with Crippen molar-refractivity contribution in [2.24, 2.45) is 0 Å². The minimum Gasteiger partial charge on any atom is -0.354 e. The van der Waals surface area contributed by atoms with E-state index in [1.165, 1.54) is 18.5 Å². The van der Waals surface area contributed by atoms with Gasteiger partial charge in [0.2, 0.25) is 0 Å². The summed E-state index contributed by atoms with van der Waals surface area (Å²) >= 11 is 0. The van der Waals surface area contributed by atoms with E-state index in [-0.39, 0.29) is 0 Å². The standard InChI is InChI=1S/C15H11F3N2OS/c1-22(21)14-8-19-5-4-11(14)13-7-9-6-10(15(16,17)18)2-3-12(9)20-13/h2-8,20H,1H3. The first-order valence-corrected chi connectivity index (χ1v) is 7.90. The summed E-state index contributed by atoms with van der Waals surface area (Å²) in [6.45, 7) is 0. The van der Waals surface area contributed by atoms with Crippen LogP contribution >= 0.6 is 0 Å². The van der Waals surface area contributed by atoms with Gasteiger partial charge in [-0.3, -0.25) is 9.19 Å². The van der Waals surface area contributed by atoms with Gasteiger partial charge in [-0.05, 0) is 30.3 Å². The minimum absolute atomic E-state index is 0.453. The molecule has 0 spiro atoms. The van der Waals surface area contributed by atoms with Crippen molar-refractivity contribution in [2.75, 3.05) is 6.26 Å². The van der Waals surface area contributed by atoms with Crippen LogP contribution in [-0.2, 0) is 17.0 Å². The van der Waals surface area contributed by atoms with Crippen LogP contribution in [0, 0.1) is 0 Å². The number of hydrogen-bond donors (Lipinski definition) is 1. The molecule has 114 valence electrons. The fourth-order valence-corrected chi connectivity index (χ4v) is 2.98. The third-order valence-corrected chi connectivity index (χ3v) is 4.28. The summed E-state index contributed by atoms with van der Waals surface area (Å²) in [4.78, 5) is 7.53. The number of halogens is 3. The van der Waals surface area contributed by atoms with Gasteiger partial charge >= 0.3 is 6.18 Å². The van der Waals surface area contributed by atoms with E-state index in [1.54, 1.807) is 18.3 Å². The normalized spacial score (nSPS) is 13.5. The third-order valence-electron chi connectivity index (χ3n) is 3.33. The first kappa shape index (κ1) is 14.8. The van der Waals surface area contributed by atoms with Crippen LogP contribution in [0.1, 0.15) is 5.56 Å². The summed E-state index contributed by atoms with van der Waals surface area (Å²) in [5.41, 5.74) is 1.18. The highest BCUT2D eigenvalue weighted by molar-refractivity contribution is 7.84. The van der Waals surface area contributed by atoms with Gasteiger partial charge in [0.25, 0.3) is 0 Å². The zero-order valence-corrected chi connectivity index (χ0v) is 12.3. The molecule has 1 atom stereocenters. The Morgan fingerprint density at radius 3 is 2.64 bits per heavy atom. The van der Waals surface area contributed by atoms with Crippen LogP contribution in [0.5, 0.6) is 0 Å². The molecule has 3 nitrogen and oxygen atoms in total. The second kappa shape index (κ2) is 5.24. The Bertz CT molecular complexity index is 871. The van der Waals surface area contributed by atoms with Crippen molar-refractivity contribution in [1.29, 1.82) is 0 Å². The Morgan fingerprint density at radius 1 is 1.18 bits per heavy atom. The lowest BCUT2D eigenvalue weighted by atomic mass is 10.1. The van der Waals surface area contributed by atoms with Gasteiger partial charge in [-0.15, -0.1) is 0 Å². The largest absolute Gasteiger partial charge is 0.416 e. The topological polar surface area (TPSA) is 45.8 Å². The number of rotatable bonds is 2. The van der Waals surface area contributed by atoms with Crippen molar-refractivity contribution in [3.05, 3.63) is 48.3 Å². The molecular formula is C15H11F3N2OS. The van der Waals surface area contributed by atoms with Crippen molar-refractivity contribution >= 4 is 21.7 Å². The molecule has 1 N–H and O–H groups in total. The molecule has 0 aliphatic heterocycles. The van der Waals surface area contributed by atoms with Crippen molar-refractivity contribution in [3.63, 3.8) is 0 Å². The molecular weight excluding hydrogens is 313 g/mol. The lowest BCUT2D eigenvalue weighted by molar-refractivity contribution is -0.137. The number of aromatic nitrogens is 2. The molecule has 0 amide bonds. The molecule has 0 saturated heterocycles. The predicted molar refractivity (Wildman–Crippen MR) is 78.9 cm³/mol. The van der Waals surface area contributed by atoms with Gasteiger partial charge < -0.3 is 4.98 Å². The summed E-state index contributed by atoms with van der Waals surface area (Å²) in [6.07, 6.45) is 0.208. The van der Waals surface area contributed by atoms with Gasteiger partial charge in [0, 0.05) is 40.8 Å². The number of alkyl halides is 3. The fourth-order valence-electron chi connectivity index (χ4n) is 2.29. The number of hydrogen-bond acceptors (Lipinski definition) is 2. The zero-order chi connectivity index (χ0) is 15.9. The Labute approximate surface area is 126 Å². The average molecular weight is 324 g/mol. The highest BCUT2D eigenvalue weighted by Gasteiger charge is 2.30. The summed E-state index contributed by atoms with van der Waals surface area (Å²) in [7, 11) is -1.24. The lowest BCUT2D eigenvalue weighted by Gasteiger charge is -2.05. The SMILES string of the molecule is CS(=O)c1cnccc1-c1cc2cc(C(F)(F)F)ccc2[nH]1.